The lowest BCUT2D eigenvalue weighted by Gasteiger charge is -2.06. The standard InChI is InChI=1S/C18H17ClN4O3/c1-11-7-8-12(26-11)10-20-18(25)15-9-16(23(2)22-15)21-17(24)13-5-3-4-6-14(13)19/h3-9H,10H2,1-2H3,(H,20,25)(H,21,24). The zero-order chi connectivity index (χ0) is 18.7. The van der Waals surface area contributed by atoms with E-state index in [0.717, 1.165) is 5.76 Å². The van der Waals surface area contributed by atoms with Gasteiger partial charge in [0.05, 0.1) is 17.1 Å². The molecule has 2 heterocycles. The van der Waals surface area contributed by atoms with Crippen molar-refractivity contribution >= 4 is 29.2 Å². The van der Waals surface area contributed by atoms with Gasteiger partial charge in [-0.05, 0) is 31.2 Å². The van der Waals surface area contributed by atoms with Gasteiger partial charge in [-0.25, -0.2) is 0 Å². The Morgan fingerprint density at radius 1 is 1.19 bits per heavy atom. The Kier molecular flexibility index (Phi) is 5.09. The summed E-state index contributed by atoms with van der Waals surface area (Å²) in [6, 6.07) is 11.8. The van der Waals surface area contributed by atoms with Crippen molar-refractivity contribution in [3.05, 3.63) is 70.3 Å². The van der Waals surface area contributed by atoms with E-state index in [0.29, 0.717) is 22.2 Å². The van der Waals surface area contributed by atoms with Gasteiger partial charge in [0.1, 0.15) is 17.3 Å². The van der Waals surface area contributed by atoms with Gasteiger partial charge in [0.25, 0.3) is 11.8 Å². The van der Waals surface area contributed by atoms with E-state index in [4.69, 9.17) is 16.0 Å². The molecule has 0 aliphatic rings. The van der Waals surface area contributed by atoms with E-state index >= 15 is 0 Å². The van der Waals surface area contributed by atoms with E-state index < -0.39 is 0 Å². The first-order valence-electron chi connectivity index (χ1n) is 7.87. The first-order valence-corrected chi connectivity index (χ1v) is 8.25. The molecule has 26 heavy (non-hydrogen) atoms. The highest BCUT2D eigenvalue weighted by atomic mass is 35.5. The number of carbonyl (C=O) groups is 2. The summed E-state index contributed by atoms with van der Waals surface area (Å²) < 4.78 is 6.82. The summed E-state index contributed by atoms with van der Waals surface area (Å²) in [5.41, 5.74) is 0.528. The average molecular weight is 373 g/mol. The predicted molar refractivity (Wildman–Crippen MR) is 97.2 cm³/mol. The zero-order valence-corrected chi connectivity index (χ0v) is 15.0. The fraction of sp³-hybridized carbons (Fsp3) is 0.167. The second-order valence-corrected chi connectivity index (χ2v) is 6.07. The summed E-state index contributed by atoms with van der Waals surface area (Å²) in [5, 5.41) is 9.89. The molecule has 0 aliphatic carbocycles. The lowest BCUT2D eigenvalue weighted by molar-refractivity contribution is 0.0941. The number of aryl methyl sites for hydroxylation is 2. The van der Waals surface area contributed by atoms with Crippen molar-refractivity contribution in [2.75, 3.05) is 5.32 Å². The molecule has 0 fully saturated rings. The van der Waals surface area contributed by atoms with Gasteiger partial charge in [0.15, 0.2) is 5.69 Å². The Labute approximate surface area is 154 Å². The minimum Gasteiger partial charge on any atom is -0.465 e. The Morgan fingerprint density at radius 2 is 1.96 bits per heavy atom. The molecule has 3 rings (SSSR count). The number of halogens is 1. The molecular weight excluding hydrogens is 356 g/mol. The minimum absolute atomic E-state index is 0.185. The number of anilines is 1. The fourth-order valence-corrected chi connectivity index (χ4v) is 2.58. The number of amides is 2. The topological polar surface area (TPSA) is 89.2 Å². The average Bonchev–Trinajstić information content (AvgIpc) is 3.19. The molecule has 0 radical (unpaired) electrons. The van der Waals surface area contributed by atoms with Gasteiger partial charge in [-0.3, -0.25) is 14.3 Å². The van der Waals surface area contributed by atoms with Gasteiger partial charge in [0.2, 0.25) is 0 Å². The summed E-state index contributed by atoms with van der Waals surface area (Å²) in [6.45, 7) is 2.09. The third-order valence-electron chi connectivity index (χ3n) is 3.69. The molecule has 2 N–H and O–H groups in total. The molecule has 0 spiro atoms. The second-order valence-electron chi connectivity index (χ2n) is 5.67. The molecule has 1 aromatic carbocycles. The van der Waals surface area contributed by atoms with Crippen molar-refractivity contribution < 1.29 is 14.0 Å². The molecule has 0 saturated heterocycles. The van der Waals surface area contributed by atoms with Crippen molar-refractivity contribution in [2.24, 2.45) is 7.05 Å². The number of carbonyl (C=O) groups excluding carboxylic acids is 2. The Bertz CT molecular complexity index is 961. The second kappa shape index (κ2) is 7.45. The van der Waals surface area contributed by atoms with Crippen LogP contribution >= 0.6 is 11.6 Å². The van der Waals surface area contributed by atoms with Crippen molar-refractivity contribution in [2.45, 2.75) is 13.5 Å². The molecule has 7 nitrogen and oxygen atoms in total. The van der Waals surface area contributed by atoms with Crippen LogP contribution in [-0.4, -0.2) is 21.6 Å². The molecule has 3 aromatic rings. The number of nitrogens with one attached hydrogen (secondary N) is 2. The number of rotatable bonds is 5. The molecule has 0 unspecified atom stereocenters. The number of furan rings is 1. The maximum Gasteiger partial charge on any atom is 0.272 e. The summed E-state index contributed by atoms with van der Waals surface area (Å²) >= 11 is 6.03. The zero-order valence-electron chi connectivity index (χ0n) is 14.2. The molecule has 2 aromatic heterocycles. The number of hydrogen-bond acceptors (Lipinski definition) is 4. The maximum atomic E-state index is 12.3. The Balaban J connectivity index is 1.67. The highest BCUT2D eigenvalue weighted by Crippen LogP contribution is 2.17. The molecule has 2 amide bonds. The molecule has 0 bridgehead atoms. The van der Waals surface area contributed by atoms with Gasteiger partial charge >= 0.3 is 0 Å². The van der Waals surface area contributed by atoms with Crippen LogP contribution in [0.25, 0.3) is 0 Å². The van der Waals surface area contributed by atoms with E-state index in [-0.39, 0.29) is 24.1 Å². The number of benzene rings is 1. The van der Waals surface area contributed by atoms with Crippen molar-refractivity contribution in [1.82, 2.24) is 15.1 Å². The van der Waals surface area contributed by atoms with Gasteiger partial charge in [-0.1, -0.05) is 23.7 Å². The van der Waals surface area contributed by atoms with Crippen molar-refractivity contribution in [3.8, 4) is 0 Å². The van der Waals surface area contributed by atoms with Crippen molar-refractivity contribution in [1.29, 1.82) is 0 Å². The highest BCUT2D eigenvalue weighted by Gasteiger charge is 2.16. The van der Waals surface area contributed by atoms with Crippen LogP contribution in [0.3, 0.4) is 0 Å². The van der Waals surface area contributed by atoms with Gasteiger partial charge in [-0.15, -0.1) is 0 Å². The number of nitrogens with zero attached hydrogens (tertiary/aromatic N) is 2. The highest BCUT2D eigenvalue weighted by molar-refractivity contribution is 6.34. The SMILES string of the molecule is Cc1ccc(CNC(=O)c2cc(NC(=O)c3ccccc3Cl)n(C)n2)o1. The fourth-order valence-electron chi connectivity index (χ4n) is 2.36. The molecular formula is C18H17ClN4O3. The molecule has 0 atom stereocenters. The van der Waals surface area contributed by atoms with E-state index in [1.54, 1.807) is 37.4 Å². The van der Waals surface area contributed by atoms with Gasteiger partial charge in [0, 0.05) is 13.1 Å². The Hall–Kier alpha value is -3.06. The van der Waals surface area contributed by atoms with Crippen LogP contribution in [0.2, 0.25) is 5.02 Å². The summed E-state index contributed by atoms with van der Waals surface area (Å²) in [4.78, 5) is 24.6. The summed E-state index contributed by atoms with van der Waals surface area (Å²) in [6.07, 6.45) is 0. The van der Waals surface area contributed by atoms with Crippen LogP contribution in [0.4, 0.5) is 5.82 Å². The normalized spacial score (nSPS) is 10.6. The van der Waals surface area contributed by atoms with Gasteiger partial charge in [-0.2, -0.15) is 5.10 Å². The minimum atomic E-state index is -0.378. The number of aromatic nitrogens is 2. The largest absolute Gasteiger partial charge is 0.465 e. The maximum absolute atomic E-state index is 12.3. The third kappa shape index (κ3) is 3.94. The first kappa shape index (κ1) is 17.8. The third-order valence-corrected chi connectivity index (χ3v) is 4.02. The monoisotopic (exact) mass is 372 g/mol. The van der Waals surface area contributed by atoms with Crippen LogP contribution in [0.5, 0.6) is 0 Å². The van der Waals surface area contributed by atoms with Crippen LogP contribution in [-0.2, 0) is 13.6 Å². The predicted octanol–water partition coefficient (Wildman–Crippen LogP) is 3.16. The lowest BCUT2D eigenvalue weighted by Crippen LogP contribution is -2.23. The quantitative estimate of drug-likeness (QED) is 0.720. The molecule has 134 valence electrons. The van der Waals surface area contributed by atoms with Crippen LogP contribution < -0.4 is 10.6 Å². The first-order chi connectivity index (χ1) is 12.4. The van der Waals surface area contributed by atoms with E-state index in [2.05, 4.69) is 15.7 Å². The van der Waals surface area contributed by atoms with E-state index in [1.165, 1.54) is 10.7 Å². The lowest BCUT2D eigenvalue weighted by atomic mass is 10.2. The number of hydrogen-bond donors (Lipinski definition) is 2. The summed E-state index contributed by atoms with van der Waals surface area (Å²) in [5.74, 6) is 1.06. The molecule has 0 aliphatic heterocycles. The van der Waals surface area contributed by atoms with Crippen molar-refractivity contribution in [3.63, 3.8) is 0 Å². The summed E-state index contributed by atoms with van der Waals surface area (Å²) in [7, 11) is 1.63. The Morgan fingerprint density at radius 3 is 2.65 bits per heavy atom. The van der Waals surface area contributed by atoms with E-state index in [1.807, 2.05) is 13.0 Å². The van der Waals surface area contributed by atoms with Crippen LogP contribution in [0.15, 0.2) is 46.9 Å². The van der Waals surface area contributed by atoms with Crippen LogP contribution in [0.1, 0.15) is 32.4 Å². The van der Waals surface area contributed by atoms with E-state index in [9.17, 15) is 9.59 Å². The smallest absolute Gasteiger partial charge is 0.272 e. The van der Waals surface area contributed by atoms with Gasteiger partial charge < -0.3 is 15.1 Å². The molecule has 0 saturated carbocycles. The van der Waals surface area contributed by atoms with Crippen LogP contribution in [0, 0.1) is 6.92 Å². The molecule has 8 heteroatoms.